The van der Waals surface area contributed by atoms with Gasteiger partial charge in [-0.25, -0.2) is 0 Å². The van der Waals surface area contributed by atoms with Crippen LogP contribution in [-0.2, 0) is 0 Å². The zero-order valence-electron chi connectivity index (χ0n) is 9.93. The van der Waals surface area contributed by atoms with Crippen molar-refractivity contribution in [1.82, 2.24) is 4.90 Å². The summed E-state index contributed by atoms with van der Waals surface area (Å²) in [5.74, 6) is 0. The molecule has 0 saturated carbocycles. The number of hydrogen-bond acceptors (Lipinski definition) is 1. The first-order valence-corrected chi connectivity index (χ1v) is 5.78. The van der Waals surface area contributed by atoms with Crippen LogP contribution >= 0.6 is 0 Å². The lowest BCUT2D eigenvalue weighted by molar-refractivity contribution is 0.0261. The summed E-state index contributed by atoms with van der Waals surface area (Å²) in [6.07, 6.45) is 4.09. The predicted molar refractivity (Wildman–Crippen MR) is 58.9 cm³/mol. The van der Waals surface area contributed by atoms with E-state index in [9.17, 15) is 0 Å². The average molecular weight is 183 g/mol. The zero-order valence-corrected chi connectivity index (χ0v) is 9.93. The quantitative estimate of drug-likeness (QED) is 0.635. The van der Waals surface area contributed by atoms with E-state index in [1.54, 1.807) is 0 Å². The highest BCUT2D eigenvalue weighted by Crippen LogP contribution is 2.39. The number of piperidine rings is 1. The maximum Gasteiger partial charge on any atom is 0.00748 e. The molecule has 1 nitrogen and oxygen atoms in total. The molecule has 0 spiro atoms. The van der Waals surface area contributed by atoms with Gasteiger partial charge in [0.2, 0.25) is 0 Å². The normalized spacial score (nSPS) is 42.2. The third kappa shape index (κ3) is 2.25. The Labute approximate surface area is 83.5 Å². The van der Waals surface area contributed by atoms with Crippen molar-refractivity contribution in [3.63, 3.8) is 0 Å². The van der Waals surface area contributed by atoms with Crippen LogP contribution in [0.3, 0.4) is 0 Å². The summed E-state index contributed by atoms with van der Waals surface area (Å²) < 4.78 is 0. The highest BCUT2D eigenvalue weighted by Gasteiger charge is 2.36. The Morgan fingerprint density at radius 3 is 1.92 bits per heavy atom. The van der Waals surface area contributed by atoms with Crippen LogP contribution in [0, 0.1) is 5.41 Å². The summed E-state index contributed by atoms with van der Waals surface area (Å²) >= 11 is 0. The van der Waals surface area contributed by atoms with Crippen LogP contribution < -0.4 is 0 Å². The lowest BCUT2D eigenvalue weighted by Gasteiger charge is -2.47. The van der Waals surface area contributed by atoms with Crippen molar-refractivity contribution in [2.75, 3.05) is 6.54 Å². The number of rotatable bonds is 2. The van der Waals surface area contributed by atoms with Crippen molar-refractivity contribution < 1.29 is 0 Å². The van der Waals surface area contributed by atoms with Crippen molar-refractivity contribution >= 4 is 0 Å². The SMILES string of the molecule is CCN1C(C)CC(C)(CC)CC1C. The number of nitrogens with zero attached hydrogens (tertiary/aromatic N) is 1. The molecular weight excluding hydrogens is 158 g/mol. The van der Waals surface area contributed by atoms with Gasteiger partial charge in [-0.15, -0.1) is 0 Å². The van der Waals surface area contributed by atoms with Gasteiger partial charge in [0.15, 0.2) is 0 Å². The molecule has 1 aliphatic heterocycles. The molecule has 2 unspecified atom stereocenters. The van der Waals surface area contributed by atoms with Gasteiger partial charge in [-0.3, -0.25) is 4.90 Å². The fraction of sp³-hybridized carbons (Fsp3) is 1.00. The number of hydrogen-bond donors (Lipinski definition) is 0. The average Bonchev–Trinajstić information content (AvgIpc) is 2.03. The Bertz CT molecular complexity index is 153. The van der Waals surface area contributed by atoms with Crippen molar-refractivity contribution in [2.45, 2.75) is 66.0 Å². The second kappa shape index (κ2) is 4.00. The Balaban J connectivity index is 2.66. The van der Waals surface area contributed by atoms with Crippen LogP contribution in [0.15, 0.2) is 0 Å². The summed E-state index contributed by atoms with van der Waals surface area (Å²) in [4.78, 5) is 2.64. The maximum atomic E-state index is 2.64. The first kappa shape index (κ1) is 11.0. The summed E-state index contributed by atoms with van der Waals surface area (Å²) in [6.45, 7) is 13.0. The molecule has 1 saturated heterocycles. The second-order valence-corrected chi connectivity index (χ2v) is 5.10. The van der Waals surface area contributed by atoms with Crippen LogP contribution in [0.4, 0.5) is 0 Å². The van der Waals surface area contributed by atoms with Crippen molar-refractivity contribution in [2.24, 2.45) is 5.41 Å². The topological polar surface area (TPSA) is 3.24 Å². The van der Waals surface area contributed by atoms with Crippen LogP contribution in [0.2, 0.25) is 0 Å². The lowest BCUT2D eigenvalue weighted by atomic mass is 9.73. The molecule has 1 heteroatoms. The molecule has 0 amide bonds. The summed E-state index contributed by atoms with van der Waals surface area (Å²) in [6, 6.07) is 1.55. The van der Waals surface area contributed by atoms with E-state index in [-0.39, 0.29) is 0 Å². The Hall–Kier alpha value is -0.0400. The van der Waals surface area contributed by atoms with Crippen LogP contribution in [0.25, 0.3) is 0 Å². The van der Waals surface area contributed by atoms with Crippen molar-refractivity contribution in [3.8, 4) is 0 Å². The summed E-state index contributed by atoms with van der Waals surface area (Å²) in [7, 11) is 0. The molecule has 1 heterocycles. The molecule has 0 aromatic carbocycles. The fourth-order valence-electron chi connectivity index (χ4n) is 3.09. The molecule has 2 atom stereocenters. The predicted octanol–water partition coefficient (Wildman–Crippen LogP) is 3.30. The van der Waals surface area contributed by atoms with Gasteiger partial charge in [-0.2, -0.15) is 0 Å². The molecule has 1 aliphatic rings. The standard InChI is InChI=1S/C12H25N/c1-6-12(5)8-10(3)13(7-2)11(4)9-12/h10-11H,6-9H2,1-5H3. The molecule has 1 fully saturated rings. The minimum absolute atomic E-state index is 0.602. The molecule has 78 valence electrons. The minimum atomic E-state index is 0.602. The van der Waals surface area contributed by atoms with Crippen molar-refractivity contribution in [3.05, 3.63) is 0 Å². The molecule has 0 radical (unpaired) electrons. The van der Waals surface area contributed by atoms with E-state index >= 15 is 0 Å². The van der Waals surface area contributed by atoms with Crippen LogP contribution in [0.5, 0.6) is 0 Å². The van der Waals surface area contributed by atoms with Gasteiger partial charge in [0.05, 0.1) is 0 Å². The van der Waals surface area contributed by atoms with Gasteiger partial charge in [0, 0.05) is 12.1 Å². The third-order valence-corrected chi connectivity index (χ3v) is 3.93. The van der Waals surface area contributed by atoms with E-state index in [1.807, 2.05) is 0 Å². The van der Waals surface area contributed by atoms with Gasteiger partial charge >= 0.3 is 0 Å². The first-order valence-electron chi connectivity index (χ1n) is 5.78. The van der Waals surface area contributed by atoms with Crippen LogP contribution in [-0.4, -0.2) is 23.5 Å². The molecule has 0 bridgehead atoms. The van der Waals surface area contributed by atoms with E-state index in [0.717, 1.165) is 12.1 Å². The highest BCUT2D eigenvalue weighted by molar-refractivity contribution is 4.90. The molecule has 0 aromatic heterocycles. The summed E-state index contributed by atoms with van der Waals surface area (Å²) in [5.41, 5.74) is 0.602. The van der Waals surface area contributed by atoms with E-state index in [1.165, 1.54) is 25.8 Å². The highest BCUT2D eigenvalue weighted by atomic mass is 15.2. The van der Waals surface area contributed by atoms with Gasteiger partial charge in [0.1, 0.15) is 0 Å². The van der Waals surface area contributed by atoms with Gasteiger partial charge in [-0.05, 0) is 38.6 Å². The third-order valence-electron chi connectivity index (χ3n) is 3.93. The Kier molecular flexibility index (Phi) is 3.39. The molecule has 0 aliphatic carbocycles. The van der Waals surface area contributed by atoms with Gasteiger partial charge < -0.3 is 0 Å². The smallest absolute Gasteiger partial charge is 0.00748 e. The van der Waals surface area contributed by atoms with Gasteiger partial charge in [0.25, 0.3) is 0 Å². The fourth-order valence-corrected chi connectivity index (χ4v) is 3.09. The second-order valence-electron chi connectivity index (χ2n) is 5.10. The van der Waals surface area contributed by atoms with Crippen LogP contribution in [0.1, 0.15) is 53.9 Å². The van der Waals surface area contributed by atoms with Crippen molar-refractivity contribution in [1.29, 1.82) is 0 Å². The van der Waals surface area contributed by atoms with E-state index in [2.05, 4.69) is 39.5 Å². The zero-order chi connectivity index (χ0) is 10.1. The van der Waals surface area contributed by atoms with E-state index in [4.69, 9.17) is 0 Å². The first-order chi connectivity index (χ1) is 6.02. The lowest BCUT2D eigenvalue weighted by Crippen LogP contribution is -2.49. The Morgan fingerprint density at radius 2 is 1.62 bits per heavy atom. The molecule has 0 aromatic rings. The molecule has 1 rings (SSSR count). The monoisotopic (exact) mass is 183 g/mol. The van der Waals surface area contributed by atoms with E-state index in [0.29, 0.717) is 5.41 Å². The molecule has 13 heavy (non-hydrogen) atoms. The van der Waals surface area contributed by atoms with Gasteiger partial charge in [-0.1, -0.05) is 27.2 Å². The minimum Gasteiger partial charge on any atom is -0.298 e. The maximum absolute atomic E-state index is 2.64. The largest absolute Gasteiger partial charge is 0.298 e. The summed E-state index contributed by atoms with van der Waals surface area (Å²) in [5, 5.41) is 0. The Morgan fingerprint density at radius 1 is 1.15 bits per heavy atom. The number of likely N-dealkylation sites (tertiary alicyclic amines) is 1. The molecular formula is C12H25N. The van der Waals surface area contributed by atoms with E-state index < -0.39 is 0 Å². The molecule has 0 N–H and O–H groups in total.